The number of nitrogens with zero attached hydrogens (tertiary/aromatic N) is 2. The van der Waals surface area contributed by atoms with Crippen LogP contribution in [0.3, 0.4) is 0 Å². The van der Waals surface area contributed by atoms with E-state index < -0.39 is 0 Å². The highest BCUT2D eigenvalue weighted by Crippen LogP contribution is 2.05. The highest BCUT2D eigenvalue weighted by Gasteiger charge is 2.00. The number of imidazole rings is 2. The van der Waals surface area contributed by atoms with Crippen LogP contribution in [0.2, 0.25) is 0 Å². The molecule has 0 aliphatic rings. The van der Waals surface area contributed by atoms with Crippen LogP contribution in [0.5, 0.6) is 0 Å². The monoisotopic (exact) mass is 204 g/mol. The second kappa shape index (κ2) is 4.29. The van der Waals surface area contributed by atoms with Gasteiger partial charge in [0.1, 0.15) is 11.6 Å². The minimum absolute atomic E-state index is 0.987. The number of aromatic nitrogens is 4. The normalized spacial score (nSPS) is 10.8. The molecule has 0 amide bonds. The summed E-state index contributed by atoms with van der Waals surface area (Å²) in [6, 6.07) is 0. The SMILES string of the molecule is Cc1nc(CCCc2c[nH]c(C)n2)c[nH]1. The van der Waals surface area contributed by atoms with Crippen LogP contribution >= 0.6 is 0 Å². The third kappa shape index (κ3) is 2.68. The average molecular weight is 204 g/mol. The zero-order chi connectivity index (χ0) is 10.7. The molecule has 4 nitrogen and oxygen atoms in total. The third-order valence-electron chi connectivity index (χ3n) is 2.38. The van der Waals surface area contributed by atoms with Crippen LogP contribution < -0.4 is 0 Å². The number of rotatable bonds is 4. The maximum Gasteiger partial charge on any atom is 0.103 e. The van der Waals surface area contributed by atoms with E-state index in [0.717, 1.165) is 42.3 Å². The van der Waals surface area contributed by atoms with Gasteiger partial charge in [0.15, 0.2) is 0 Å². The quantitative estimate of drug-likeness (QED) is 0.799. The van der Waals surface area contributed by atoms with Gasteiger partial charge in [-0.15, -0.1) is 0 Å². The predicted molar refractivity (Wildman–Crippen MR) is 58.7 cm³/mol. The van der Waals surface area contributed by atoms with Crippen molar-refractivity contribution in [3.8, 4) is 0 Å². The van der Waals surface area contributed by atoms with Crippen molar-refractivity contribution in [2.45, 2.75) is 33.1 Å². The van der Waals surface area contributed by atoms with Crippen molar-refractivity contribution in [3.05, 3.63) is 35.4 Å². The van der Waals surface area contributed by atoms with Crippen LogP contribution in [0.15, 0.2) is 12.4 Å². The number of aromatic amines is 2. The van der Waals surface area contributed by atoms with E-state index in [9.17, 15) is 0 Å². The van der Waals surface area contributed by atoms with E-state index in [1.165, 1.54) is 0 Å². The topological polar surface area (TPSA) is 57.4 Å². The fourth-order valence-electron chi connectivity index (χ4n) is 1.64. The summed E-state index contributed by atoms with van der Waals surface area (Å²) in [5, 5.41) is 0. The largest absolute Gasteiger partial charge is 0.349 e. The molecule has 0 unspecified atom stereocenters. The zero-order valence-electron chi connectivity index (χ0n) is 9.17. The number of hydrogen-bond donors (Lipinski definition) is 2. The van der Waals surface area contributed by atoms with E-state index in [-0.39, 0.29) is 0 Å². The molecule has 0 radical (unpaired) electrons. The van der Waals surface area contributed by atoms with Gasteiger partial charge < -0.3 is 9.97 Å². The molecule has 2 N–H and O–H groups in total. The van der Waals surface area contributed by atoms with Gasteiger partial charge in [-0.05, 0) is 33.1 Å². The molecule has 0 fully saturated rings. The molecule has 0 saturated heterocycles. The van der Waals surface area contributed by atoms with Crippen LogP contribution in [0.25, 0.3) is 0 Å². The van der Waals surface area contributed by atoms with E-state index in [1.807, 2.05) is 26.2 Å². The molecule has 0 aromatic carbocycles. The van der Waals surface area contributed by atoms with E-state index in [2.05, 4.69) is 19.9 Å². The lowest BCUT2D eigenvalue weighted by atomic mass is 10.2. The smallest absolute Gasteiger partial charge is 0.103 e. The number of hydrogen-bond acceptors (Lipinski definition) is 2. The summed E-state index contributed by atoms with van der Waals surface area (Å²) in [5.41, 5.74) is 2.28. The minimum atomic E-state index is 0.987. The van der Waals surface area contributed by atoms with Crippen molar-refractivity contribution in [2.24, 2.45) is 0 Å². The first-order valence-corrected chi connectivity index (χ1v) is 5.26. The molecular weight excluding hydrogens is 188 g/mol. The van der Waals surface area contributed by atoms with Gasteiger partial charge in [0.2, 0.25) is 0 Å². The Bertz CT molecular complexity index is 387. The van der Waals surface area contributed by atoms with Crippen LogP contribution in [0, 0.1) is 13.8 Å². The maximum atomic E-state index is 4.36. The first-order chi connectivity index (χ1) is 7.24. The van der Waals surface area contributed by atoms with E-state index >= 15 is 0 Å². The molecule has 0 spiro atoms. The molecule has 0 aliphatic carbocycles. The lowest BCUT2D eigenvalue weighted by molar-refractivity contribution is 0.786. The molecule has 4 heteroatoms. The first kappa shape index (κ1) is 9.96. The van der Waals surface area contributed by atoms with Crippen molar-refractivity contribution >= 4 is 0 Å². The molecule has 0 atom stereocenters. The second-order valence-corrected chi connectivity index (χ2v) is 3.81. The Balaban J connectivity index is 1.80. The molecule has 80 valence electrons. The van der Waals surface area contributed by atoms with Crippen LogP contribution in [0.1, 0.15) is 29.5 Å². The van der Waals surface area contributed by atoms with Gasteiger partial charge in [0.25, 0.3) is 0 Å². The lowest BCUT2D eigenvalue weighted by Gasteiger charge is -1.94. The number of aryl methyl sites for hydroxylation is 4. The Morgan fingerprint density at radius 1 is 0.933 bits per heavy atom. The van der Waals surface area contributed by atoms with Gasteiger partial charge in [0, 0.05) is 12.4 Å². The van der Waals surface area contributed by atoms with Crippen molar-refractivity contribution < 1.29 is 0 Å². The van der Waals surface area contributed by atoms with Gasteiger partial charge in [-0.2, -0.15) is 0 Å². The number of nitrogens with one attached hydrogen (secondary N) is 2. The molecule has 0 aliphatic heterocycles. The van der Waals surface area contributed by atoms with Gasteiger partial charge in [-0.25, -0.2) is 9.97 Å². The fraction of sp³-hybridized carbons (Fsp3) is 0.455. The van der Waals surface area contributed by atoms with Crippen molar-refractivity contribution in [1.29, 1.82) is 0 Å². The summed E-state index contributed by atoms with van der Waals surface area (Å²) < 4.78 is 0. The molecule has 0 bridgehead atoms. The fourth-order valence-corrected chi connectivity index (χ4v) is 1.64. The minimum Gasteiger partial charge on any atom is -0.349 e. The lowest BCUT2D eigenvalue weighted by Crippen LogP contribution is -1.90. The highest BCUT2D eigenvalue weighted by molar-refractivity contribution is 5.03. The summed E-state index contributed by atoms with van der Waals surface area (Å²) in [4.78, 5) is 14.9. The van der Waals surface area contributed by atoms with Gasteiger partial charge in [-0.1, -0.05) is 0 Å². The molecular formula is C11H16N4. The Morgan fingerprint density at radius 2 is 1.40 bits per heavy atom. The first-order valence-electron chi connectivity index (χ1n) is 5.26. The van der Waals surface area contributed by atoms with Crippen molar-refractivity contribution in [3.63, 3.8) is 0 Å². The molecule has 2 aromatic rings. The van der Waals surface area contributed by atoms with E-state index in [1.54, 1.807) is 0 Å². The number of H-pyrrole nitrogens is 2. The molecule has 15 heavy (non-hydrogen) atoms. The summed E-state index contributed by atoms with van der Waals surface area (Å²) in [6.45, 7) is 3.95. The summed E-state index contributed by atoms with van der Waals surface area (Å²) in [7, 11) is 0. The molecule has 0 saturated carbocycles. The Morgan fingerprint density at radius 3 is 1.73 bits per heavy atom. The second-order valence-electron chi connectivity index (χ2n) is 3.81. The van der Waals surface area contributed by atoms with Crippen LogP contribution in [-0.4, -0.2) is 19.9 Å². The summed E-state index contributed by atoms with van der Waals surface area (Å²) in [6.07, 6.45) is 7.07. The van der Waals surface area contributed by atoms with Crippen molar-refractivity contribution in [1.82, 2.24) is 19.9 Å². The average Bonchev–Trinajstić information content (AvgIpc) is 2.76. The molecule has 2 aromatic heterocycles. The Labute approximate surface area is 89.2 Å². The van der Waals surface area contributed by atoms with Gasteiger partial charge in [0.05, 0.1) is 11.4 Å². The third-order valence-corrected chi connectivity index (χ3v) is 2.38. The predicted octanol–water partition coefficient (Wildman–Crippen LogP) is 1.92. The Kier molecular flexibility index (Phi) is 2.85. The summed E-state index contributed by atoms with van der Waals surface area (Å²) in [5.74, 6) is 1.97. The van der Waals surface area contributed by atoms with E-state index in [0.29, 0.717) is 0 Å². The standard InChI is InChI=1S/C11H16N4/c1-8-12-6-10(14-8)4-3-5-11-7-13-9(2)15-11/h6-7H,3-5H2,1-2H3,(H,12,14)(H,13,15). The maximum absolute atomic E-state index is 4.36. The van der Waals surface area contributed by atoms with Crippen molar-refractivity contribution in [2.75, 3.05) is 0 Å². The zero-order valence-corrected chi connectivity index (χ0v) is 9.17. The Hall–Kier alpha value is -1.58. The van der Waals surface area contributed by atoms with Crippen LogP contribution in [-0.2, 0) is 12.8 Å². The van der Waals surface area contributed by atoms with Gasteiger partial charge >= 0.3 is 0 Å². The van der Waals surface area contributed by atoms with Crippen LogP contribution in [0.4, 0.5) is 0 Å². The van der Waals surface area contributed by atoms with E-state index in [4.69, 9.17) is 0 Å². The summed E-state index contributed by atoms with van der Waals surface area (Å²) >= 11 is 0. The van der Waals surface area contributed by atoms with Gasteiger partial charge in [-0.3, -0.25) is 0 Å². The highest BCUT2D eigenvalue weighted by atomic mass is 14.9. The molecule has 2 heterocycles. The molecule has 2 rings (SSSR count).